The van der Waals surface area contributed by atoms with Crippen molar-refractivity contribution in [2.75, 3.05) is 7.05 Å². The van der Waals surface area contributed by atoms with E-state index in [0.29, 0.717) is 4.47 Å². The Morgan fingerprint density at radius 3 is 2.83 bits per heavy atom. The van der Waals surface area contributed by atoms with Gasteiger partial charge in [0.1, 0.15) is 5.82 Å². The Morgan fingerprint density at radius 1 is 1.44 bits per heavy atom. The van der Waals surface area contributed by atoms with Gasteiger partial charge in [0.15, 0.2) is 0 Å². The standard InChI is InChI=1S/C13H15BrFN3/c1-16-12(8-9-6-7-18(2)17-9)10-4-3-5-11(15)13(10)14/h3-7,12,16H,8H2,1-2H3. The Kier molecular flexibility index (Phi) is 4.14. The lowest BCUT2D eigenvalue weighted by atomic mass is 10.0. The van der Waals surface area contributed by atoms with E-state index in [-0.39, 0.29) is 11.9 Å². The smallest absolute Gasteiger partial charge is 0.137 e. The Bertz CT molecular complexity index is 539. The summed E-state index contributed by atoms with van der Waals surface area (Å²) in [4.78, 5) is 0. The fraction of sp³-hybridized carbons (Fsp3) is 0.308. The molecule has 1 atom stereocenters. The molecule has 0 saturated heterocycles. The van der Waals surface area contributed by atoms with Gasteiger partial charge in [-0.1, -0.05) is 12.1 Å². The van der Waals surface area contributed by atoms with Gasteiger partial charge in [-0.3, -0.25) is 4.68 Å². The third-order valence-electron chi connectivity index (χ3n) is 2.89. The first-order valence-corrected chi connectivity index (χ1v) is 6.51. The second kappa shape index (κ2) is 5.63. The Hall–Kier alpha value is -1.20. The van der Waals surface area contributed by atoms with E-state index in [0.717, 1.165) is 17.7 Å². The zero-order valence-electron chi connectivity index (χ0n) is 10.3. The molecule has 0 aliphatic heterocycles. The van der Waals surface area contributed by atoms with E-state index in [1.807, 2.05) is 32.4 Å². The summed E-state index contributed by atoms with van der Waals surface area (Å²) in [6.45, 7) is 0. The van der Waals surface area contributed by atoms with Crippen LogP contribution >= 0.6 is 15.9 Å². The average molecular weight is 312 g/mol. The molecule has 1 heterocycles. The highest BCUT2D eigenvalue weighted by atomic mass is 79.9. The summed E-state index contributed by atoms with van der Waals surface area (Å²) in [7, 11) is 3.75. The largest absolute Gasteiger partial charge is 0.313 e. The number of nitrogens with one attached hydrogen (secondary N) is 1. The van der Waals surface area contributed by atoms with Gasteiger partial charge in [-0.05, 0) is 40.7 Å². The van der Waals surface area contributed by atoms with Gasteiger partial charge in [-0.25, -0.2) is 4.39 Å². The highest BCUT2D eigenvalue weighted by Gasteiger charge is 2.16. The van der Waals surface area contributed by atoms with Crippen molar-refractivity contribution in [1.29, 1.82) is 0 Å². The molecule has 0 fully saturated rings. The fourth-order valence-electron chi connectivity index (χ4n) is 1.94. The van der Waals surface area contributed by atoms with Crippen molar-refractivity contribution in [3.63, 3.8) is 0 Å². The SMILES string of the molecule is CNC(Cc1ccn(C)n1)c1cccc(F)c1Br. The normalized spacial score (nSPS) is 12.7. The van der Waals surface area contributed by atoms with E-state index in [2.05, 4.69) is 26.3 Å². The van der Waals surface area contributed by atoms with Gasteiger partial charge in [0.05, 0.1) is 10.2 Å². The van der Waals surface area contributed by atoms with E-state index < -0.39 is 0 Å². The summed E-state index contributed by atoms with van der Waals surface area (Å²) in [5, 5.41) is 7.54. The summed E-state index contributed by atoms with van der Waals surface area (Å²) in [5.41, 5.74) is 1.89. The fourth-order valence-corrected chi connectivity index (χ4v) is 2.48. The van der Waals surface area contributed by atoms with Crippen molar-refractivity contribution >= 4 is 15.9 Å². The third kappa shape index (κ3) is 2.79. The molecule has 1 aromatic heterocycles. The number of hydrogen-bond donors (Lipinski definition) is 1. The molecule has 0 saturated carbocycles. The van der Waals surface area contributed by atoms with Crippen LogP contribution in [0.3, 0.4) is 0 Å². The maximum Gasteiger partial charge on any atom is 0.137 e. The summed E-state index contributed by atoms with van der Waals surface area (Å²) in [5.74, 6) is -0.242. The Morgan fingerprint density at radius 2 is 2.22 bits per heavy atom. The van der Waals surface area contributed by atoms with Crippen molar-refractivity contribution in [2.45, 2.75) is 12.5 Å². The minimum Gasteiger partial charge on any atom is -0.313 e. The maximum absolute atomic E-state index is 13.5. The quantitative estimate of drug-likeness (QED) is 0.941. The van der Waals surface area contributed by atoms with Crippen molar-refractivity contribution in [3.05, 3.63) is 52.0 Å². The van der Waals surface area contributed by atoms with Crippen LogP contribution in [0.15, 0.2) is 34.9 Å². The van der Waals surface area contributed by atoms with Gasteiger partial charge in [0, 0.05) is 25.7 Å². The van der Waals surface area contributed by atoms with E-state index in [1.165, 1.54) is 6.07 Å². The molecule has 2 aromatic rings. The number of rotatable bonds is 4. The zero-order valence-corrected chi connectivity index (χ0v) is 11.9. The minimum absolute atomic E-state index is 0.0324. The molecular formula is C13H15BrFN3. The predicted octanol–water partition coefficient (Wildman–Crippen LogP) is 2.82. The number of likely N-dealkylation sites (N-methyl/N-ethyl adjacent to an activating group) is 1. The van der Waals surface area contributed by atoms with Crippen LogP contribution < -0.4 is 5.32 Å². The molecule has 0 spiro atoms. The Labute approximate surface area is 114 Å². The lowest BCUT2D eigenvalue weighted by molar-refractivity contribution is 0.561. The van der Waals surface area contributed by atoms with Crippen LogP contribution in [-0.2, 0) is 13.5 Å². The van der Waals surface area contributed by atoms with Crippen LogP contribution in [-0.4, -0.2) is 16.8 Å². The van der Waals surface area contributed by atoms with Crippen LogP contribution in [0.5, 0.6) is 0 Å². The molecule has 0 bridgehead atoms. The molecule has 3 nitrogen and oxygen atoms in total. The molecule has 0 aliphatic rings. The highest BCUT2D eigenvalue weighted by Crippen LogP contribution is 2.27. The monoisotopic (exact) mass is 311 g/mol. The summed E-state index contributed by atoms with van der Waals surface area (Å²) in [6.07, 6.45) is 2.63. The van der Waals surface area contributed by atoms with Gasteiger partial charge < -0.3 is 5.32 Å². The lowest BCUT2D eigenvalue weighted by Crippen LogP contribution is -2.20. The maximum atomic E-state index is 13.5. The van der Waals surface area contributed by atoms with Gasteiger partial charge in [0.2, 0.25) is 0 Å². The first-order valence-electron chi connectivity index (χ1n) is 5.71. The van der Waals surface area contributed by atoms with Crippen LogP contribution in [0.1, 0.15) is 17.3 Å². The number of aryl methyl sites for hydroxylation is 1. The molecule has 5 heteroatoms. The molecule has 1 N–H and O–H groups in total. The average Bonchev–Trinajstić information content (AvgIpc) is 2.76. The molecule has 0 aliphatic carbocycles. The molecular weight excluding hydrogens is 297 g/mol. The molecule has 2 rings (SSSR count). The van der Waals surface area contributed by atoms with E-state index in [4.69, 9.17) is 0 Å². The summed E-state index contributed by atoms with van der Waals surface area (Å²) in [6, 6.07) is 7.08. The van der Waals surface area contributed by atoms with Crippen molar-refractivity contribution in [3.8, 4) is 0 Å². The predicted molar refractivity (Wildman–Crippen MR) is 72.8 cm³/mol. The van der Waals surface area contributed by atoms with Gasteiger partial charge in [0.25, 0.3) is 0 Å². The second-order valence-corrected chi connectivity index (χ2v) is 4.96. The number of halogens is 2. The Balaban J connectivity index is 2.25. The van der Waals surface area contributed by atoms with Crippen LogP contribution in [0.25, 0.3) is 0 Å². The summed E-state index contributed by atoms with van der Waals surface area (Å²) >= 11 is 3.30. The zero-order chi connectivity index (χ0) is 13.1. The number of aromatic nitrogens is 2. The van der Waals surface area contributed by atoms with Crippen molar-refractivity contribution in [1.82, 2.24) is 15.1 Å². The minimum atomic E-state index is -0.242. The number of nitrogens with zero attached hydrogens (tertiary/aromatic N) is 2. The van der Waals surface area contributed by atoms with Gasteiger partial charge in [-0.2, -0.15) is 5.10 Å². The molecule has 18 heavy (non-hydrogen) atoms. The third-order valence-corrected chi connectivity index (χ3v) is 3.72. The lowest BCUT2D eigenvalue weighted by Gasteiger charge is -2.17. The van der Waals surface area contributed by atoms with Crippen LogP contribution in [0.2, 0.25) is 0 Å². The van der Waals surface area contributed by atoms with Crippen LogP contribution in [0, 0.1) is 5.82 Å². The molecule has 96 valence electrons. The molecule has 1 unspecified atom stereocenters. The highest BCUT2D eigenvalue weighted by molar-refractivity contribution is 9.10. The number of benzene rings is 1. The molecule has 1 aromatic carbocycles. The van der Waals surface area contributed by atoms with E-state index in [9.17, 15) is 4.39 Å². The molecule has 0 amide bonds. The van der Waals surface area contributed by atoms with Crippen LogP contribution in [0.4, 0.5) is 4.39 Å². The summed E-state index contributed by atoms with van der Waals surface area (Å²) < 4.78 is 15.8. The van der Waals surface area contributed by atoms with E-state index in [1.54, 1.807) is 10.7 Å². The van der Waals surface area contributed by atoms with Crippen molar-refractivity contribution in [2.24, 2.45) is 7.05 Å². The second-order valence-electron chi connectivity index (χ2n) is 4.17. The molecule has 0 radical (unpaired) electrons. The number of hydrogen-bond acceptors (Lipinski definition) is 2. The van der Waals surface area contributed by atoms with Gasteiger partial charge >= 0.3 is 0 Å². The van der Waals surface area contributed by atoms with E-state index >= 15 is 0 Å². The van der Waals surface area contributed by atoms with Crippen molar-refractivity contribution < 1.29 is 4.39 Å². The first-order chi connectivity index (χ1) is 8.61. The van der Waals surface area contributed by atoms with Gasteiger partial charge in [-0.15, -0.1) is 0 Å². The first kappa shape index (κ1) is 13.2. The topological polar surface area (TPSA) is 29.9 Å².